The van der Waals surface area contributed by atoms with Crippen LogP contribution in [0.3, 0.4) is 0 Å². The Bertz CT molecular complexity index is 409. The van der Waals surface area contributed by atoms with E-state index in [1.54, 1.807) is 11.1 Å². The minimum atomic E-state index is 0.670. The Kier molecular flexibility index (Phi) is 4.19. The maximum Gasteiger partial charge on any atom is 0.0354 e. The molecule has 0 bridgehead atoms. The number of rotatable bonds is 4. The molecule has 1 fully saturated rings. The summed E-state index contributed by atoms with van der Waals surface area (Å²) in [6.45, 7) is 7.19. The van der Waals surface area contributed by atoms with Crippen molar-refractivity contribution in [2.75, 3.05) is 26.2 Å². The first-order chi connectivity index (χ1) is 9.38. The summed E-state index contributed by atoms with van der Waals surface area (Å²) in [5, 5.41) is 3.55. The lowest BCUT2D eigenvalue weighted by Crippen LogP contribution is -2.39. The zero-order valence-electron chi connectivity index (χ0n) is 12.1. The van der Waals surface area contributed by atoms with Gasteiger partial charge in [-0.1, -0.05) is 31.2 Å². The molecule has 2 unspecified atom stereocenters. The number of aryl methyl sites for hydroxylation is 1. The Labute approximate surface area is 117 Å². The highest BCUT2D eigenvalue weighted by Crippen LogP contribution is 2.36. The van der Waals surface area contributed by atoms with Gasteiger partial charge in [0, 0.05) is 12.6 Å². The van der Waals surface area contributed by atoms with Crippen LogP contribution in [0, 0.1) is 5.92 Å². The van der Waals surface area contributed by atoms with E-state index in [2.05, 4.69) is 41.4 Å². The average molecular weight is 258 g/mol. The molecule has 0 spiro atoms. The predicted octanol–water partition coefficient (Wildman–Crippen LogP) is 3.00. The number of piperidine rings is 1. The molecule has 1 aliphatic carbocycles. The molecule has 1 aliphatic heterocycles. The lowest BCUT2D eigenvalue weighted by atomic mass is 9.97. The largest absolute Gasteiger partial charge is 0.316 e. The second kappa shape index (κ2) is 6.06. The first-order valence-corrected chi connectivity index (χ1v) is 7.91. The monoisotopic (exact) mass is 258 g/mol. The number of nitrogens with one attached hydrogen (secondary N) is 1. The third-order valence-corrected chi connectivity index (χ3v) is 4.84. The van der Waals surface area contributed by atoms with Crippen LogP contribution < -0.4 is 5.32 Å². The number of nitrogens with zero attached hydrogens (tertiary/aromatic N) is 1. The Hall–Kier alpha value is -0.860. The van der Waals surface area contributed by atoms with Crippen molar-refractivity contribution in [3.8, 4) is 0 Å². The molecule has 3 rings (SSSR count). The van der Waals surface area contributed by atoms with Crippen LogP contribution in [-0.4, -0.2) is 31.1 Å². The zero-order valence-corrected chi connectivity index (χ0v) is 12.1. The maximum atomic E-state index is 3.55. The van der Waals surface area contributed by atoms with Crippen molar-refractivity contribution in [3.05, 3.63) is 35.4 Å². The van der Waals surface area contributed by atoms with Crippen LogP contribution in [0.4, 0.5) is 0 Å². The highest BCUT2D eigenvalue weighted by molar-refractivity contribution is 5.34. The molecular weight excluding hydrogens is 232 g/mol. The van der Waals surface area contributed by atoms with Crippen molar-refractivity contribution < 1.29 is 0 Å². The van der Waals surface area contributed by atoms with E-state index in [-0.39, 0.29) is 0 Å². The molecular formula is C17H26N2. The first kappa shape index (κ1) is 13.1. The quantitative estimate of drug-likeness (QED) is 0.893. The van der Waals surface area contributed by atoms with E-state index in [9.17, 15) is 0 Å². The SMILES string of the molecule is CCN(CC1CCCNC1)C1CCc2ccccc21. The van der Waals surface area contributed by atoms with Gasteiger partial charge in [-0.05, 0) is 62.4 Å². The summed E-state index contributed by atoms with van der Waals surface area (Å²) in [7, 11) is 0. The molecule has 1 aromatic rings. The van der Waals surface area contributed by atoms with Gasteiger partial charge in [0.2, 0.25) is 0 Å². The van der Waals surface area contributed by atoms with Crippen LogP contribution in [0.2, 0.25) is 0 Å². The van der Waals surface area contributed by atoms with Crippen LogP contribution in [0.25, 0.3) is 0 Å². The molecule has 0 radical (unpaired) electrons. The van der Waals surface area contributed by atoms with Gasteiger partial charge in [0.15, 0.2) is 0 Å². The molecule has 1 aromatic carbocycles. The Morgan fingerprint density at radius 1 is 1.26 bits per heavy atom. The Morgan fingerprint density at radius 3 is 2.95 bits per heavy atom. The summed E-state index contributed by atoms with van der Waals surface area (Å²) in [4.78, 5) is 2.71. The van der Waals surface area contributed by atoms with Gasteiger partial charge in [-0.2, -0.15) is 0 Å². The second-order valence-electron chi connectivity index (χ2n) is 6.05. The molecule has 0 saturated carbocycles. The van der Waals surface area contributed by atoms with E-state index in [1.807, 2.05) is 0 Å². The smallest absolute Gasteiger partial charge is 0.0354 e. The summed E-state index contributed by atoms with van der Waals surface area (Å²) in [6, 6.07) is 9.71. The minimum absolute atomic E-state index is 0.670. The molecule has 2 nitrogen and oxygen atoms in total. The lowest BCUT2D eigenvalue weighted by Gasteiger charge is -2.33. The average Bonchev–Trinajstić information content (AvgIpc) is 2.90. The van der Waals surface area contributed by atoms with E-state index in [0.29, 0.717) is 6.04 Å². The summed E-state index contributed by atoms with van der Waals surface area (Å²) in [6.07, 6.45) is 5.33. The number of hydrogen-bond acceptors (Lipinski definition) is 2. The van der Waals surface area contributed by atoms with Crippen LogP contribution in [0.1, 0.15) is 43.4 Å². The van der Waals surface area contributed by atoms with Gasteiger partial charge in [-0.3, -0.25) is 4.90 Å². The van der Waals surface area contributed by atoms with Gasteiger partial charge in [0.05, 0.1) is 0 Å². The molecule has 2 atom stereocenters. The topological polar surface area (TPSA) is 15.3 Å². The number of fused-ring (bicyclic) bond motifs is 1. The summed E-state index contributed by atoms with van der Waals surface area (Å²) >= 11 is 0. The van der Waals surface area contributed by atoms with Crippen molar-refractivity contribution in [3.63, 3.8) is 0 Å². The minimum Gasteiger partial charge on any atom is -0.316 e. The van der Waals surface area contributed by atoms with E-state index < -0.39 is 0 Å². The Morgan fingerprint density at radius 2 is 2.16 bits per heavy atom. The molecule has 2 heteroatoms. The van der Waals surface area contributed by atoms with Gasteiger partial charge in [0.1, 0.15) is 0 Å². The van der Waals surface area contributed by atoms with Gasteiger partial charge in [-0.25, -0.2) is 0 Å². The highest BCUT2D eigenvalue weighted by atomic mass is 15.2. The van der Waals surface area contributed by atoms with Crippen LogP contribution in [0.5, 0.6) is 0 Å². The molecule has 0 aromatic heterocycles. The maximum absolute atomic E-state index is 3.55. The van der Waals surface area contributed by atoms with Crippen LogP contribution >= 0.6 is 0 Å². The summed E-state index contributed by atoms with van der Waals surface area (Å²) < 4.78 is 0. The lowest BCUT2D eigenvalue weighted by molar-refractivity contribution is 0.161. The number of hydrogen-bond donors (Lipinski definition) is 1. The van der Waals surface area contributed by atoms with E-state index in [1.165, 1.54) is 51.9 Å². The molecule has 1 heterocycles. The molecule has 1 N–H and O–H groups in total. The van der Waals surface area contributed by atoms with Crippen molar-refractivity contribution in [1.82, 2.24) is 10.2 Å². The van der Waals surface area contributed by atoms with Crippen LogP contribution in [0.15, 0.2) is 24.3 Å². The van der Waals surface area contributed by atoms with E-state index >= 15 is 0 Å². The van der Waals surface area contributed by atoms with Gasteiger partial charge < -0.3 is 5.32 Å². The molecule has 104 valence electrons. The van der Waals surface area contributed by atoms with Crippen molar-refractivity contribution in [2.45, 2.75) is 38.6 Å². The fraction of sp³-hybridized carbons (Fsp3) is 0.647. The second-order valence-corrected chi connectivity index (χ2v) is 6.05. The summed E-state index contributed by atoms with van der Waals surface area (Å²) in [5.74, 6) is 0.849. The fourth-order valence-electron chi connectivity index (χ4n) is 3.80. The van der Waals surface area contributed by atoms with Gasteiger partial charge in [0.25, 0.3) is 0 Å². The third-order valence-electron chi connectivity index (χ3n) is 4.84. The molecule has 2 aliphatic rings. The fourth-order valence-corrected chi connectivity index (χ4v) is 3.80. The Balaban J connectivity index is 1.69. The third kappa shape index (κ3) is 2.85. The molecule has 0 amide bonds. The predicted molar refractivity (Wildman–Crippen MR) is 80.3 cm³/mol. The standard InChI is InChI=1S/C17H26N2/c1-2-19(13-14-6-5-11-18-12-14)17-10-9-15-7-3-4-8-16(15)17/h3-4,7-8,14,17-18H,2,5-6,9-13H2,1H3. The number of benzene rings is 1. The summed E-state index contributed by atoms with van der Waals surface area (Å²) in [5.41, 5.74) is 3.17. The van der Waals surface area contributed by atoms with Crippen LogP contribution in [-0.2, 0) is 6.42 Å². The van der Waals surface area contributed by atoms with Gasteiger partial charge in [-0.15, -0.1) is 0 Å². The van der Waals surface area contributed by atoms with E-state index in [0.717, 1.165) is 5.92 Å². The van der Waals surface area contributed by atoms with Crippen molar-refractivity contribution >= 4 is 0 Å². The zero-order chi connectivity index (χ0) is 13.1. The van der Waals surface area contributed by atoms with Crippen molar-refractivity contribution in [1.29, 1.82) is 0 Å². The van der Waals surface area contributed by atoms with Crippen molar-refractivity contribution in [2.24, 2.45) is 5.92 Å². The van der Waals surface area contributed by atoms with Gasteiger partial charge >= 0.3 is 0 Å². The highest BCUT2D eigenvalue weighted by Gasteiger charge is 2.28. The molecule has 19 heavy (non-hydrogen) atoms. The normalized spacial score (nSPS) is 26.6. The van der Waals surface area contributed by atoms with E-state index in [4.69, 9.17) is 0 Å². The molecule has 1 saturated heterocycles. The first-order valence-electron chi connectivity index (χ1n) is 7.91.